The van der Waals surface area contributed by atoms with E-state index in [2.05, 4.69) is 18.2 Å². The van der Waals surface area contributed by atoms with Crippen LogP contribution in [-0.2, 0) is 11.3 Å². The molecule has 4 heteroatoms. The summed E-state index contributed by atoms with van der Waals surface area (Å²) in [6, 6.07) is 14.3. The Balaban J connectivity index is 2.24. The summed E-state index contributed by atoms with van der Waals surface area (Å²) in [6.45, 7) is 5.16. The number of hydrogen-bond donors (Lipinski definition) is 0. The molecule has 0 amide bonds. The van der Waals surface area contributed by atoms with Crippen molar-refractivity contribution in [3.05, 3.63) is 53.7 Å². The second-order valence-electron chi connectivity index (χ2n) is 5.84. The summed E-state index contributed by atoms with van der Waals surface area (Å²) < 4.78 is 16.9. The third-order valence-electron chi connectivity index (χ3n) is 4.17. The van der Waals surface area contributed by atoms with E-state index in [4.69, 9.17) is 19.2 Å². The number of pyridine rings is 1. The molecule has 0 aliphatic rings. The van der Waals surface area contributed by atoms with Crippen molar-refractivity contribution in [3.63, 3.8) is 0 Å². The Labute approximate surface area is 148 Å². The van der Waals surface area contributed by atoms with Gasteiger partial charge in [-0.1, -0.05) is 24.3 Å². The van der Waals surface area contributed by atoms with Crippen LogP contribution in [-0.4, -0.2) is 25.8 Å². The van der Waals surface area contributed by atoms with Gasteiger partial charge in [0, 0.05) is 23.3 Å². The van der Waals surface area contributed by atoms with Gasteiger partial charge < -0.3 is 14.2 Å². The molecular formula is C21H23NO3. The largest absolute Gasteiger partial charge is 0.496 e. The number of aromatic nitrogens is 1. The maximum absolute atomic E-state index is 5.68. The number of para-hydroxylation sites is 1. The van der Waals surface area contributed by atoms with Crippen molar-refractivity contribution in [1.82, 2.24) is 4.98 Å². The standard InChI is InChI=1S/C21H23NO3/c1-5-25-13-15-11-18(23-3)20(19(12-15)24-4)17-8-6-7-16-10-9-14(2)22-21(16)17/h6-12H,5,13H2,1-4H3. The van der Waals surface area contributed by atoms with Gasteiger partial charge in [0.05, 0.1) is 31.9 Å². The highest BCUT2D eigenvalue weighted by molar-refractivity contribution is 5.97. The number of fused-ring (bicyclic) bond motifs is 1. The molecule has 0 aliphatic heterocycles. The molecule has 0 bridgehead atoms. The molecule has 1 aromatic heterocycles. The molecule has 2 aromatic carbocycles. The Hall–Kier alpha value is -2.59. The van der Waals surface area contributed by atoms with E-state index in [1.165, 1.54) is 0 Å². The monoisotopic (exact) mass is 337 g/mol. The van der Waals surface area contributed by atoms with Gasteiger partial charge in [0.2, 0.25) is 0 Å². The lowest BCUT2D eigenvalue weighted by molar-refractivity contribution is 0.133. The van der Waals surface area contributed by atoms with Crippen LogP contribution in [0.5, 0.6) is 11.5 Å². The van der Waals surface area contributed by atoms with Gasteiger partial charge in [-0.2, -0.15) is 0 Å². The molecule has 4 nitrogen and oxygen atoms in total. The lowest BCUT2D eigenvalue weighted by Crippen LogP contribution is -1.99. The number of ether oxygens (including phenoxy) is 3. The minimum Gasteiger partial charge on any atom is -0.496 e. The molecule has 3 aromatic rings. The average molecular weight is 337 g/mol. The van der Waals surface area contributed by atoms with Crippen LogP contribution in [0.15, 0.2) is 42.5 Å². The van der Waals surface area contributed by atoms with E-state index in [-0.39, 0.29) is 0 Å². The zero-order valence-corrected chi connectivity index (χ0v) is 15.1. The number of methoxy groups -OCH3 is 2. The minimum absolute atomic E-state index is 0.524. The highest BCUT2D eigenvalue weighted by Crippen LogP contribution is 2.42. The van der Waals surface area contributed by atoms with Crippen molar-refractivity contribution in [1.29, 1.82) is 0 Å². The van der Waals surface area contributed by atoms with Crippen molar-refractivity contribution < 1.29 is 14.2 Å². The summed E-state index contributed by atoms with van der Waals surface area (Å²) >= 11 is 0. The maximum Gasteiger partial charge on any atom is 0.130 e. The van der Waals surface area contributed by atoms with Crippen LogP contribution in [0.3, 0.4) is 0 Å². The first-order valence-corrected chi connectivity index (χ1v) is 8.37. The Bertz CT molecular complexity index is 864. The molecule has 0 N–H and O–H groups in total. The molecule has 130 valence electrons. The van der Waals surface area contributed by atoms with Gasteiger partial charge in [0.15, 0.2) is 0 Å². The van der Waals surface area contributed by atoms with Gasteiger partial charge in [-0.3, -0.25) is 4.98 Å². The topological polar surface area (TPSA) is 40.6 Å². The molecule has 0 saturated heterocycles. The normalized spacial score (nSPS) is 10.9. The molecule has 0 spiro atoms. The Morgan fingerprint density at radius 2 is 1.68 bits per heavy atom. The third-order valence-corrected chi connectivity index (χ3v) is 4.17. The second-order valence-corrected chi connectivity index (χ2v) is 5.84. The van der Waals surface area contributed by atoms with E-state index >= 15 is 0 Å². The van der Waals surface area contributed by atoms with Gasteiger partial charge in [0.25, 0.3) is 0 Å². The molecule has 0 atom stereocenters. The fraction of sp³-hybridized carbons (Fsp3) is 0.286. The number of nitrogens with zero attached hydrogens (tertiary/aromatic N) is 1. The molecule has 0 unspecified atom stereocenters. The van der Waals surface area contributed by atoms with Gasteiger partial charge >= 0.3 is 0 Å². The van der Waals surface area contributed by atoms with Gasteiger partial charge in [-0.05, 0) is 37.6 Å². The quantitative estimate of drug-likeness (QED) is 0.650. The van der Waals surface area contributed by atoms with E-state index in [0.717, 1.165) is 44.8 Å². The van der Waals surface area contributed by atoms with Gasteiger partial charge in [0.1, 0.15) is 11.5 Å². The SMILES string of the molecule is CCOCc1cc(OC)c(-c2cccc3ccc(C)nc23)c(OC)c1. The fourth-order valence-electron chi connectivity index (χ4n) is 2.98. The summed E-state index contributed by atoms with van der Waals surface area (Å²) in [4.78, 5) is 4.74. The van der Waals surface area contributed by atoms with Crippen LogP contribution in [0.4, 0.5) is 0 Å². The van der Waals surface area contributed by atoms with Crippen LogP contribution in [0, 0.1) is 6.92 Å². The van der Waals surface area contributed by atoms with Crippen molar-refractivity contribution in [3.8, 4) is 22.6 Å². The number of rotatable bonds is 6. The zero-order valence-electron chi connectivity index (χ0n) is 15.1. The average Bonchev–Trinajstić information content (AvgIpc) is 2.65. The predicted octanol–water partition coefficient (Wildman–Crippen LogP) is 4.76. The Morgan fingerprint density at radius 1 is 0.960 bits per heavy atom. The summed E-state index contributed by atoms with van der Waals surface area (Å²) in [5, 5.41) is 1.09. The molecule has 0 saturated carbocycles. The smallest absolute Gasteiger partial charge is 0.130 e. The molecule has 0 radical (unpaired) electrons. The summed E-state index contributed by atoms with van der Waals surface area (Å²) in [7, 11) is 3.35. The fourth-order valence-corrected chi connectivity index (χ4v) is 2.98. The van der Waals surface area contributed by atoms with E-state index in [9.17, 15) is 0 Å². The maximum atomic E-state index is 5.68. The number of hydrogen-bond acceptors (Lipinski definition) is 4. The minimum atomic E-state index is 0.524. The summed E-state index contributed by atoms with van der Waals surface area (Å²) in [5.74, 6) is 1.51. The van der Waals surface area contributed by atoms with Gasteiger partial charge in [-0.25, -0.2) is 0 Å². The van der Waals surface area contributed by atoms with Crippen LogP contribution in [0.25, 0.3) is 22.0 Å². The number of benzene rings is 2. The molecular weight excluding hydrogens is 314 g/mol. The Morgan fingerprint density at radius 3 is 2.32 bits per heavy atom. The van der Waals surface area contributed by atoms with E-state index in [1.54, 1.807) is 14.2 Å². The molecule has 0 aliphatic carbocycles. The third kappa shape index (κ3) is 3.44. The van der Waals surface area contributed by atoms with Crippen LogP contribution >= 0.6 is 0 Å². The van der Waals surface area contributed by atoms with Crippen LogP contribution in [0.1, 0.15) is 18.2 Å². The molecule has 3 rings (SSSR count). The number of aryl methyl sites for hydroxylation is 1. The molecule has 25 heavy (non-hydrogen) atoms. The first-order chi connectivity index (χ1) is 12.2. The summed E-state index contributed by atoms with van der Waals surface area (Å²) in [5.41, 5.74) is 4.85. The predicted molar refractivity (Wildman–Crippen MR) is 100 cm³/mol. The van der Waals surface area contributed by atoms with Crippen molar-refractivity contribution in [2.24, 2.45) is 0 Å². The summed E-state index contributed by atoms with van der Waals surface area (Å²) in [6.07, 6.45) is 0. The lowest BCUT2D eigenvalue weighted by atomic mass is 9.98. The molecule has 0 fully saturated rings. The van der Waals surface area contributed by atoms with Crippen LogP contribution < -0.4 is 9.47 Å². The first-order valence-electron chi connectivity index (χ1n) is 8.37. The van der Waals surface area contributed by atoms with Crippen molar-refractivity contribution in [2.45, 2.75) is 20.5 Å². The lowest BCUT2D eigenvalue weighted by Gasteiger charge is -2.17. The first kappa shape index (κ1) is 17.2. The Kier molecular flexibility index (Phi) is 5.19. The van der Waals surface area contributed by atoms with E-state index in [0.29, 0.717) is 13.2 Å². The highest BCUT2D eigenvalue weighted by atomic mass is 16.5. The van der Waals surface area contributed by atoms with E-state index < -0.39 is 0 Å². The van der Waals surface area contributed by atoms with Crippen molar-refractivity contribution >= 4 is 10.9 Å². The van der Waals surface area contributed by atoms with E-state index in [1.807, 2.05) is 38.1 Å². The van der Waals surface area contributed by atoms with Crippen molar-refractivity contribution in [2.75, 3.05) is 20.8 Å². The van der Waals surface area contributed by atoms with Gasteiger partial charge in [-0.15, -0.1) is 0 Å². The zero-order chi connectivity index (χ0) is 17.8. The molecule has 1 heterocycles. The van der Waals surface area contributed by atoms with Crippen LogP contribution in [0.2, 0.25) is 0 Å². The highest BCUT2D eigenvalue weighted by Gasteiger charge is 2.17. The second kappa shape index (κ2) is 7.53.